The molecule has 4 rings (SSSR count). The van der Waals surface area contributed by atoms with Gasteiger partial charge in [-0.05, 0) is 18.2 Å². The smallest absolute Gasteiger partial charge is 0.307 e. The molecule has 2 aromatic carbocycles. The quantitative estimate of drug-likeness (QED) is 0.738. The van der Waals surface area contributed by atoms with Crippen LogP contribution in [0.25, 0.3) is 0 Å². The molecule has 0 aliphatic carbocycles. The van der Waals surface area contributed by atoms with Crippen molar-refractivity contribution in [2.45, 2.75) is 19.0 Å². The zero-order valence-electron chi connectivity index (χ0n) is 16.5. The van der Waals surface area contributed by atoms with E-state index in [0.717, 1.165) is 5.56 Å². The summed E-state index contributed by atoms with van der Waals surface area (Å²) in [5.74, 6) is -1.08. The van der Waals surface area contributed by atoms with E-state index in [1.54, 1.807) is 46.2 Å². The minimum atomic E-state index is -0.584. The molecule has 30 heavy (non-hydrogen) atoms. The van der Waals surface area contributed by atoms with Crippen LogP contribution in [0.4, 0.5) is 5.69 Å². The topological polar surface area (TPSA) is 96.0 Å². The predicted octanol–water partition coefficient (Wildman–Crippen LogP) is 1.87. The van der Waals surface area contributed by atoms with Gasteiger partial charge in [0.15, 0.2) is 0 Å². The molecule has 2 heterocycles. The van der Waals surface area contributed by atoms with E-state index in [0.29, 0.717) is 16.8 Å². The van der Waals surface area contributed by atoms with Gasteiger partial charge in [0.05, 0.1) is 24.8 Å². The van der Waals surface area contributed by atoms with Gasteiger partial charge in [0.25, 0.3) is 11.8 Å². The van der Waals surface area contributed by atoms with Gasteiger partial charge in [-0.2, -0.15) is 0 Å². The summed E-state index contributed by atoms with van der Waals surface area (Å²) < 4.78 is 4.54. The fourth-order valence-corrected chi connectivity index (χ4v) is 3.92. The number of hydrogen-bond acceptors (Lipinski definition) is 5. The highest BCUT2D eigenvalue weighted by atomic mass is 16.5. The SMILES string of the molecule is COC(=O)CCNC(=O)CCN1C(=O)c2ccccc2N2C(=O)c3ccccc3[C@H]12. The zero-order chi connectivity index (χ0) is 21.3. The van der Waals surface area contributed by atoms with Crippen molar-refractivity contribution in [1.29, 1.82) is 0 Å². The van der Waals surface area contributed by atoms with Crippen molar-refractivity contribution < 1.29 is 23.9 Å². The van der Waals surface area contributed by atoms with Crippen LogP contribution < -0.4 is 10.2 Å². The summed E-state index contributed by atoms with van der Waals surface area (Å²) in [5.41, 5.74) is 2.31. The van der Waals surface area contributed by atoms with E-state index in [-0.39, 0.29) is 43.7 Å². The standard InChI is InChI=1S/C22H21N3O5/c1-30-19(27)10-12-23-18(26)11-13-24-20-14-6-2-3-7-15(14)22(29)25(20)17-9-5-4-8-16(17)21(24)28/h2-9,20H,10-13H2,1H3,(H,23,26)/t20-/m1/s1. The van der Waals surface area contributed by atoms with Gasteiger partial charge in [-0.25, -0.2) is 0 Å². The molecule has 1 N–H and O–H groups in total. The second kappa shape index (κ2) is 7.98. The largest absolute Gasteiger partial charge is 0.469 e. The summed E-state index contributed by atoms with van der Waals surface area (Å²) in [5, 5.41) is 2.65. The Morgan fingerprint density at radius 3 is 2.43 bits per heavy atom. The molecular formula is C22H21N3O5. The van der Waals surface area contributed by atoms with Gasteiger partial charge < -0.3 is 15.0 Å². The van der Waals surface area contributed by atoms with Crippen LogP contribution in [0.5, 0.6) is 0 Å². The molecule has 8 nitrogen and oxygen atoms in total. The number of carbonyl (C=O) groups is 4. The number of para-hydroxylation sites is 1. The Morgan fingerprint density at radius 1 is 0.967 bits per heavy atom. The first-order valence-electron chi connectivity index (χ1n) is 9.69. The van der Waals surface area contributed by atoms with Crippen LogP contribution in [0.2, 0.25) is 0 Å². The number of carbonyl (C=O) groups excluding carboxylic acids is 4. The first kappa shape index (κ1) is 19.6. The van der Waals surface area contributed by atoms with Gasteiger partial charge in [-0.15, -0.1) is 0 Å². The number of nitrogens with zero attached hydrogens (tertiary/aromatic N) is 2. The van der Waals surface area contributed by atoms with Crippen molar-refractivity contribution in [1.82, 2.24) is 10.2 Å². The third-order valence-corrected chi connectivity index (χ3v) is 5.34. The van der Waals surface area contributed by atoms with Gasteiger partial charge in [0, 0.05) is 30.6 Å². The molecule has 0 spiro atoms. The van der Waals surface area contributed by atoms with Crippen molar-refractivity contribution in [3.63, 3.8) is 0 Å². The summed E-state index contributed by atoms with van der Waals surface area (Å²) >= 11 is 0. The fourth-order valence-electron chi connectivity index (χ4n) is 3.92. The molecule has 0 saturated heterocycles. The molecule has 2 aliphatic heterocycles. The van der Waals surface area contributed by atoms with Crippen molar-refractivity contribution in [3.05, 3.63) is 65.2 Å². The Hall–Kier alpha value is -3.68. The number of esters is 1. The lowest BCUT2D eigenvalue weighted by Gasteiger charge is -2.40. The highest BCUT2D eigenvalue weighted by molar-refractivity contribution is 6.16. The maximum Gasteiger partial charge on any atom is 0.307 e. The molecule has 0 saturated carbocycles. The number of nitrogens with one attached hydrogen (secondary N) is 1. The van der Waals surface area contributed by atoms with Crippen LogP contribution >= 0.6 is 0 Å². The van der Waals surface area contributed by atoms with Crippen LogP contribution in [0, 0.1) is 0 Å². The van der Waals surface area contributed by atoms with Crippen molar-refractivity contribution in [3.8, 4) is 0 Å². The molecule has 0 aromatic heterocycles. The molecule has 0 bridgehead atoms. The van der Waals surface area contributed by atoms with E-state index in [2.05, 4.69) is 10.1 Å². The summed E-state index contributed by atoms with van der Waals surface area (Å²) in [6.45, 7) is 0.305. The minimum Gasteiger partial charge on any atom is -0.469 e. The Kier molecular flexibility index (Phi) is 5.22. The van der Waals surface area contributed by atoms with Crippen LogP contribution in [0.3, 0.4) is 0 Å². The van der Waals surface area contributed by atoms with Crippen molar-refractivity contribution in [2.75, 3.05) is 25.1 Å². The Balaban J connectivity index is 1.57. The second-order valence-corrected chi connectivity index (χ2v) is 7.08. The van der Waals surface area contributed by atoms with Crippen molar-refractivity contribution in [2.24, 2.45) is 0 Å². The van der Waals surface area contributed by atoms with Crippen LogP contribution in [-0.2, 0) is 14.3 Å². The van der Waals surface area contributed by atoms with E-state index < -0.39 is 12.1 Å². The maximum absolute atomic E-state index is 13.2. The number of anilines is 1. The lowest BCUT2D eigenvalue weighted by Crippen LogP contribution is -2.49. The van der Waals surface area contributed by atoms with Crippen LogP contribution in [0.15, 0.2) is 48.5 Å². The summed E-state index contributed by atoms with van der Waals surface area (Å²) in [6.07, 6.45) is -0.453. The molecule has 0 fully saturated rings. The van der Waals surface area contributed by atoms with Gasteiger partial charge in [-0.3, -0.25) is 24.1 Å². The van der Waals surface area contributed by atoms with E-state index in [4.69, 9.17) is 0 Å². The molecule has 3 amide bonds. The normalized spacial score (nSPS) is 16.6. The fraction of sp³-hybridized carbons (Fsp3) is 0.273. The lowest BCUT2D eigenvalue weighted by molar-refractivity contribution is -0.140. The molecule has 0 unspecified atom stereocenters. The highest BCUT2D eigenvalue weighted by Gasteiger charge is 2.47. The Morgan fingerprint density at radius 2 is 1.67 bits per heavy atom. The molecule has 8 heteroatoms. The number of methoxy groups -OCH3 is 1. The molecule has 2 aromatic rings. The van der Waals surface area contributed by atoms with Crippen LogP contribution in [-0.4, -0.2) is 48.8 Å². The lowest BCUT2D eigenvalue weighted by atomic mass is 10.0. The van der Waals surface area contributed by atoms with E-state index >= 15 is 0 Å². The number of hydrogen-bond donors (Lipinski definition) is 1. The Labute approximate surface area is 173 Å². The van der Waals surface area contributed by atoms with E-state index in [1.165, 1.54) is 7.11 Å². The van der Waals surface area contributed by atoms with E-state index in [1.807, 2.05) is 12.1 Å². The number of benzene rings is 2. The highest BCUT2D eigenvalue weighted by Crippen LogP contribution is 2.45. The minimum absolute atomic E-state index is 0.0514. The number of rotatable bonds is 6. The Bertz CT molecular complexity index is 1030. The molecule has 1 atom stereocenters. The van der Waals surface area contributed by atoms with E-state index in [9.17, 15) is 19.2 Å². The second-order valence-electron chi connectivity index (χ2n) is 7.08. The van der Waals surface area contributed by atoms with Gasteiger partial charge in [0.2, 0.25) is 5.91 Å². The van der Waals surface area contributed by atoms with Gasteiger partial charge in [-0.1, -0.05) is 30.3 Å². The third-order valence-electron chi connectivity index (χ3n) is 5.34. The number of amides is 3. The maximum atomic E-state index is 13.2. The molecule has 2 aliphatic rings. The van der Waals surface area contributed by atoms with Crippen LogP contribution in [0.1, 0.15) is 45.3 Å². The summed E-state index contributed by atoms with van der Waals surface area (Å²) in [4.78, 5) is 52.9. The van der Waals surface area contributed by atoms with Crippen molar-refractivity contribution >= 4 is 29.4 Å². The molecule has 0 radical (unpaired) electrons. The summed E-state index contributed by atoms with van der Waals surface area (Å²) in [6, 6.07) is 14.2. The number of ether oxygens (including phenoxy) is 1. The summed E-state index contributed by atoms with van der Waals surface area (Å²) in [7, 11) is 1.29. The monoisotopic (exact) mass is 407 g/mol. The van der Waals surface area contributed by atoms with Gasteiger partial charge >= 0.3 is 5.97 Å². The predicted molar refractivity (Wildman–Crippen MR) is 108 cm³/mol. The molecule has 154 valence electrons. The molecular weight excluding hydrogens is 386 g/mol. The average Bonchev–Trinajstić information content (AvgIpc) is 3.06. The average molecular weight is 407 g/mol. The first-order chi connectivity index (χ1) is 14.5. The zero-order valence-corrected chi connectivity index (χ0v) is 16.5. The number of fused-ring (bicyclic) bond motifs is 5. The first-order valence-corrected chi connectivity index (χ1v) is 9.69. The third kappa shape index (κ3) is 3.30. The van der Waals surface area contributed by atoms with Gasteiger partial charge in [0.1, 0.15) is 6.17 Å².